The van der Waals surface area contributed by atoms with E-state index in [1.807, 2.05) is 18.2 Å². The monoisotopic (exact) mass is 277 g/mol. The zero-order valence-corrected chi connectivity index (χ0v) is 12.1. The minimum absolute atomic E-state index is 0.621. The van der Waals surface area contributed by atoms with Crippen molar-refractivity contribution < 1.29 is 4.52 Å². The van der Waals surface area contributed by atoms with Crippen molar-refractivity contribution in [1.82, 2.24) is 15.5 Å². The summed E-state index contributed by atoms with van der Waals surface area (Å²) in [5.41, 5.74) is 0. The largest absolute Gasteiger partial charge is 0.338 e. The molecule has 2 aromatic rings. The number of nitrogens with zero attached hydrogens (tertiary/aromatic N) is 2. The molecule has 102 valence electrons. The van der Waals surface area contributed by atoms with Crippen LogP contribution in [0.2, 0.25) is 0 Å². The summed E-state index contributed by atoms with van der Waals surface area (Å²) >= 11 is 1.71. The van der Waals surface area contributed by atoms with Crippen molar-refractivity contribution in [1.29, 1.82) is 0 Å². The van der Waals surface area contributed by atoms with Gasteiger partial charge in [-0.15, -0.1) is 11.8 Å². The summed E-state index contributed by atoms with van der Waals surface area (Å²) in [5.74, 6) is 2.76. The maximum Gasteiger partial charge on any atom is 0.240 e. The zero-order valence-electron chi connectivity index (χ0n) is 11.3. The zero-order chi connectivity index (χ0) is 13.5. The fourth-order valence-electron chi connectivity index (χ4n) is 1.55. The average molecular weight is 277 g/mol. The van der Waals surface area contributed by atoms with Crippen LogP contribution in [0.5, 0.6) is 0 Å². The molecule has 0 aliphatic rings. The van der Waals surface area contributed by atoms with Gasteiger partial charge >= 0.3 is 0 Å². The first kappa shape index (κ1) is 14.1. The summed E-state index contributed by atoms with van der Waals surface area (Å²) in [6.45, 7) is 5.93. The molecule has 2 rings (SSSR count). The van der Waals surface area contributed by atoms with Crippen molar-refractivity contribution in [2.24, 2.45) is 5.92 Å². The molecule has 0 unspecified atom stereocenters. The molecule has 5 heteroatoms. The van der Waals surface area contributed by atoms with Crippen molar-refractivity contribution in [2.75, 3.05) is 6.54 Å². The van der Waals surface area contributed by atoms with E-state index in [0.717, 1.165) is 18.1 Å². The van der Waals surface area contributed by atoms with Gasteiger partial charge in [-0.3, -0.25) is 0 Å². The Morgan fingerprint density at radius 2 is 2.05 bits per heavy atom. The third-order valence-electron chi connectivity index (χ3n) is 2.45. The summed E-state index contributed by atoms with van der Waals surface area (Å²) in [6, 6.07) is 10.2. The third-order valence-corrected chi connectivity index (χ3v) is 3.46. The maximum absolute atomic E-state index is 5.20. The highest BCUT2D eigenvalue weighted by molar-refractivity contribution is 7.98. The first-order valence-electron chi connectivity index (χ1n) is 6.44. The van der Waals surface area contributed by atoms with Crippen LogP contribution in [0.3, 0.4) is 0 Å². The summed E-state index contributed by atoms with van der Waals surface area (Å²) in [7, 11) is 0. The van der Waals surface area contributed by atoms with Crippen molar-refractivity contribution in [3.63, 3.8) is 0 Å². The Kier molecular flexibility index (Phi) is 5.42. The fraction of sp³-hybridized carbons (Fsp3) is 0.429. The molecule has 1 N–H and O–H groups in total. The highest BCUT2D eigenvalue weighted by Crippen LogP contribution is 2.20. The van der Waals surface area contributed by atoms with Gasteiger partial charge in [-0.05, 0) is 24.6 Å². The number of aromatic nitrogens is 2. The fourth-order valence-corrected chi connectivity index (χ4v) is 2.32. The summed E-state index contributed by atoms with van der Waals surface area (Å²) in [5, 5.41) is 7.27. The lowest BCUT2D eigenvalue weighted by Gasteiger charge is -2.03. The SMILES string of the molecule is CC(C)CNCc1nc(CSc2ccccc2)no1. The molecule has 0 saturated heterocycles. The number of hydrogen-bond acceptors (Lipinski definition) is 5. The van der Waals surface area contributed by atoms with Gasteiger partial charge in [0.15, 0.2) is 5.82 Å². The predicted molar refractivity (Wildman–Crippen MR) is 76.8 cm³/mol. The van der Waals surface area contributed by atoms with E-state index >= 15 is 0 Å². The molecule has 0 spiro atoms. The van der Waals surface area contributed by atoms with Crippen LogP contribution in [0.25, 0.3) is 0 Å². The quantitative estimate of drug-likeness (QED) is 0.788. The lowest BCUT2D eigenvalue weighted by atomic mass is 10.2. The topological polar surface area (TPSA) is 51.0 Å². The van der Waals surface area contributed by atoms with E-state index in [1.165, 1.54) is 4.90 Å². The standard InChI is InChI=1S/C14H19N3OS/c1-11(2)8-15-9-14-16-13(17-18-14)10-19-12-6-4-3-5-7-12/h3-7,11,15H,8-10H2,1-2H3. The minimum atomic E-state index is 0.621. The van der Waals surface area contributed by atoms with Crippen LogP contribution in [0.15, 0.2) is 39.8 Å². The molecule has 0 aliphatic carbocycles. The molecular weight excluding hydrogens is 258 g/mol. The van der Waals surface area contributed by atoms with Gasteiger partial charge in [-0.25, -0.2) is 0 Å². The lowest BCUT2D eigenvalue weighted by molar-refractivity contribution is 0.360. The molecule has 1 aromatic heterocycles. The van der Waals surface area contributed by atoms with Crippen LogP contribution in [0, 0.1) is 5.92 Å². The highest BCUT2D eigenvalue weighted by Gasteiger charge is 2.06. The molecule has 0 saturated carbocycles. The van der Waals surface area contributed by atoms with Gasteiger partial charge in [0.2, 0.25) is 5.89 Å². The van der Waals surface area contributed by atoms with Crippen molar-refractivity contribution in [3.05, 3.63) is 42.0 Å². The van der Waals surface area contributed by atoms with Gasteiger partial charge in [0, 0.05) is 4.90 Å². The van der Waals surface area contributed by atoms with Gasteiger partial charge in [0.05, 0.1) is 12.3 Å². The second-order valence-electron chi connectivity index (χ2n) is 4.73. The van der Waals surface area contributed by atoms with E-state index in [1.54, 1.807) is 11.8 Å². The number of hydrogen-bond donors (Lipinski definition) is 1. The summed E-state index contributed by atoms with van der Waals surface area (Å²) in [6.07, 6.45) is 0. The minimum Gasteiger partial charge on any atom is -0.338 e. The van der Waals surface area contributed by atoms with E-state index < -0.39 is 0 Å². The van der Waals surface area contributed by atoms with Gasteiger partial charge in [0.25, 0.3) is 0 Å². The van der Waals surface area contributed by atoms with Crippen LogP contribution in [-0.4, -0.2) is 16.7 Å². The van der Waals surface area contributed by atoms with E-state index in [9.17, 15) is 0 Å². The van der Waals surface area contributed by atoms with Crippen LogP contribution < -0.4 is 5.32 Å². The molecule has 4 nitrogen and oxygen atoms in total. The van der Waals surface area contributed by atoms with Crippen LogP contribution >= 0.6 is 11.8 Å². The Bertz CT molecular complexity index is 484. The Labute approximate surface area is 118 Å². The maximum atomic E-state index is 5.20. The number of rotatable bonds is 7. The molecule has 0 amide bonds. The Balaban J connectivity index is 1.77. The second kappa shape index (κ2) is 7.31. The molecule has 0 atom stereocenters. The normalized spacial score (nSPS) is 11.1. The molecule has 0 bridgehead atoms. The van der Waals surface area contributed by atoms with Crippen LogP contribution in [0.4, 0.5) is 0 Å². The van der Waals surface area contributed by atoms with E-state index in [0.29, 0.717) is 18.4 Å². The van der Waals surface area contributed by atoms with E-state index in [4.69, 9.17) is 4.52 Å². The molecule has 1 heterocycles. The Morgan fingerprint density at radius 1 is 1.26 bits per heavy atom. The van der Waals surface area contributed by atoms with Crippen molar-refractivity contribution >= 4 is 11.8 Å². The van der Waals surface area contributed by atoms with Crippen LogP contribution in [-0.2, 0) is 12.3 Å². The lowest BCUT2D eigenvalue weighted by Crippen LogP contribution is -2.19. The van der Waals surface area contributed by atoms with Gasteiger partial charge in [-0.1, -0.05) is 37.2 Å². The van der Waals surface area contributed by atoms with Crippen LogP contribution in [0.1, 0.15) is 25.6 Å². The average Bonchev–Trinajstić information content (AvgIpc) is 2.85. The molecule has 0 radical (unpaired) electrons. The molecule has 0 aliphatic heterocycles. The second-order valence-corrected chi connectivity index (χ2v) is 5.78. The Hall–Kier alpha value is -1.33. The van der Waals surface area contributed by atoms with Gasteiger partial charge in [-0.2, -0.15) is 4.98 Å². The predicted octanol–water partition coefficient (Wildman–Crippen LogP) is 3.11. The number of nitrogens with one attached hydrogen (secondary N) is 1. The first-order chi connectivity index (χ1) is 9.24. The van der Waals surface area contributed by atoms with Gasteiger partial charge in [0.1, 0.15) is 0 Å². The molecule has 0 fully saturated rings. The molecule has 19 heavy (non-hydrogen) atoms. The Morgan fingerprint density at radius 3 is 2.79 bits per heavy atom. The van der Waals surface area contributed by atoms with Gasteiger partial charge < -0.3 is 9.84 Å². The van der Waals surface area contributed by atoms with E-state index in [2.05, 4.69) is 41.4 Å². The summed E-state index contributed by atoms with van der Waals surface area (Å²) < 4.78 is 5.20. The highest BCUT2D eigenvalue weighted by atomic mass is 32.2. The third kappa shape index (κ3) is 5.04. The summed E-state index contributed by atoms with van der Waals surface area (Å²) in [4.78, 5) is 5.58. The number of thioether (sulfide) groups is 1. The molecular formula is C14H19N3OS. The first-order valence-corrected chi connectivity index (χ1v) is 7.42. The van der Waals surface area contributed by atoms with Crippen molar-refractivity contribution in [3.8, 4) is 0 Å². The van der Waals surface area contributed by atoms with E-state index in [-0.39, 0.29) is 0 Å². The number of benzene rings is 1. The smallest absolute Gasteiger partial charge is 0.240 e. The van der Waals surface area contributed by atoms with Crippen molar-refractivity contribution in [2.45, 2.75) is 31.0 Å². The molecule has 1 aromatic carbocycles.